The predicted molar refractivity (Wildman–Crippen MR) is 187 cm³/mol. The Morgan fingerprint density at radius 3 is 1.61 bits per heavy atom. The van der Waals surface area contributed by atoms with E-state index < -0.39 is 0 Å². The van der Waals surface area contributed by atoms with Crippen LogP contribution in [0.3, 0.4) is 0 Å². The van der Waals surface area contributed by atoms with E-state index in [4.69, 9.17) is 15.0 Å². The quantitative estimate of drug-likeness (QED) is 0.151. The third kappa shape index (κ3) is 4.21. The highest BCUT2D eigenvalue weighted by Crippen LogP contribution is 2.46. The standard InChI is InChI=1S/C41H25N5/c1-3-13-30-28(11-1)38(27-18-20-36(45-25-27)34-15-5-7-21-42-34)29-12-2-4-14-31(29)39(30)33-24-37(35-16-6-8-22-43-35)46-41-32(33)19-17-26-10-9-23-44-40(26)41/h1-25H. The van der Waals surface area contributed by atoms with Gasteiger partial charge in [0.15, 0.2) is 0 Å². The van der Waals surface area contributed by atoms with E-state index in [0.29, 0.717) is 0 Å². The molecule has 0 aliphatic rings. The first kappa shape index (κ1) is 26.1. The maximum Gasteiger partial charge on any atom is 0.0979 e. The molecule has 0 aliphatic carbocycles. The van der Waals surface area contributed by atoms with Crippen LogP contribution in [0.1, 0.15) is 0 Å². The maximum absolute atomic E-state index is 5.18. The number of hydrogen-bond acceptors (Lipinski definition) is 5. The molecular weight excluding hydrogens is 562 g/mol. The van der Waals surface area contributed by atoms with Crippen LogP contribution in [0.2, 0.25) is 0 Å². The van der Waals surface area contributed by atoms with E-state index in [2.05, 4.69) is 94.9 Å². The van der Waals surface area contributed by atoms with Crippen LogP contribution in [0, 0.1) is 0 Å². The highest BCUT2D eigenvalue weighted by atomic mass is 14.8. The van der Waals surface area contributed by atoms with Crippen molar-refractivity contribution in [1.82, 2.24) is 24.9 Å². The Bertz CT molecular complexity index is 2510. The summed E-state index contributed by atoms with van der Waals surface area (Å²) in [5.74, 6) is 0. The lowest BCUT2D eigenvalue weighted by Gasteiger charge is -2.19. The van der Waals surface area contributed by atoms with Gasteiger partial charge in [0.2, 0.25) is 0 Å². The van der Waals surface area contributed by atoms with Crippen molar-refractivity contribution in [1.29, 1.82) is 0 Å². The van der Waals surface area contributed by atoms with Crippen LogP contribution in [0.25, 0.3) is 88.4 Å². The molecule has 46 heavy (non-hydrogen) atoms. The Hall–Kier alpha value is -6.33. The number of pyridine rings is 5. The van der Waals surface area contributed by atoms with E-state index in [9.17, 15) is 0 Å². The largest absolute Gasteiger partial charge is 0.255 e. The van der Waals surface area contributed by atoms with Gasteiger partial charge in [0.25, 0.3) is 0 Å². The molecule has 0 radical (unpaired) electrons. The van der Waals surface area contributed by atoms with E-state index in [1.807, 2.05) is 61.1 Å². The molecular formula is C41H25N5. The number of nitrogens with zero attached hydrogens (tertiary/aromatic N) is 5. The zero-order valence-corrected chi connectivity index (χ0v) is 24.7. The fourth-order valence-electron chi connectivity index (χ4n) is 6.62. The lowest BCUT2D eigenvalue weighted by molar-refractivity contribution is 1.25. The van der Waals surface area contributed by atoms with Crippen molar-refractivity contribution in [2.24, 2.45) is 0 Å². The summed E-state index contributed by atoms with van der Waals surface area (Å²) in [5.41, 5.74) is 9.55. The molecule has 9 rings (SSSR count). The zero-order chi connectivity index (χ0) is 30.5. The number of hydrogen-bond donors (Lipinski definition) is 0. The first-order valence-electron chi connectivity index (χ1n) is 15.2. The molecule has 5 heterocycles. The average Bonchev–Trinajstić information content (AvgIpc) is 3.14. The van der Waals surface area contributed by atoms with Crippen molar-refractivity contribution in [3.8, 4) is 45.0 Å². The minimum absolute atomic E-state index is 0.813. The Morgan fingerprint density at radius 2 is 0.978 bits per heavy atom. The van der Waals surface area contributed by atoms with Gasteiger partial charge < -0.3 is 0 Å². The van der Waals surface area contributed by atoms with Gasteiger partial charge in [0, 0.05) is 41.1 Å². The van der Waals surface area contributed by atoms with Crippen LogP contribution < -0.4 is 0 Å². The second-order valence-corrected chi connectivity index (χ2v) is 11.3. The first-order chi connectivity index (χ1) is 22.8. The molecule has 9 aromatic rings. The monoisotopic (exact) mass is 587 g/mol. The second-order valence-electron chi connectivity index (χ2n) is 11.3. The van der Waals surface area contributed by atoms with Gasteiger partial charge >= 0.3 is 0 Å². The highest BCUT2D eigenvalue weighted by molar-refractivity contribution is 6.24. The summed E-state index contributed by atoms with van der Waals surface area (Å²) < 4.78 is 0. The molecule has 5 aromatic heterocycles. The lowest BCUT2D eigenvalue weighted by atomic mass is 9.85. The van der Waals surface area contributed by atoms with Gasteiger partial charge in [-0.3, -0.25) is 19.9 Å². The SMILES string of the molecule is c1ccc(-c2ccc(-c3c4ccccc4c(-c4cc(-c5ccccn5)nc5c4ccc4cccnc45)c4ccccc34)cn2)nc1. The van der Waals surface area contributed by atoms with Crippen LogP contribution in [-0.4, -0.2) is 24.9 Å². The Labute approximate surface area is 264 Å². The van der Waals surface area contributed by atoms with Crippen LogP contribution in [-0.2, 0) is 0 Å². The van der Waals surface area contributed by atoms with Crippen molar-refractivity contribution in [3.05, 3.63) is 152 Å². The Balaban J connectivity index is 1.37. The molecule has 0 spiro atoms. The smallest absolute Gasteiger partial charge is 0.0979 e. The predicted octanol–water partition coefficient (Wildman–Crippen LogP) is 9.94. The number of aromatic nitrogens is 5. The molecule has 0 saturated carbocycles. The van der Waals surface area contributed by atoms with Crippen molar-refractivity contribution in [3.63, 3.8) is 0 Å². The Morgan fingerprint density at radius 1 is 0.370 bits per heavy atom. The van der Waals surface area contributed by atoms with Crippen molar-refractivity contribution < 1.29 is 0 Å². The summed E-state index contributed by atoms with van der Waals surface area (Å²) in [7, 11) is 0. The molecule has 0 fully saturated rings. The molecule has 0 bridgehead atoms. The Kier molecular flexibility index (Phi) is 6.06. The van der Waals surface area contributed by atoms with Gasteiger partial charge in [-0.1, -0.05) is 84.9 Å². The molecule has 0 atom stereocenters. The molecule has 5 heteroatoms. The molecule has 0 aliphatic heterocycles. The van der Waals surface area contributed by atoms with E-state index in [-0.39, 0.29) is 0 Å². The highest BCUT2D eigenvalue weighted by Gasteiger charge is 2.20. The average molecular weight is 588 g/mol. The number of rotatable bonds is 4. The normalized spacial score (nSPS) is 11.5. The third-order valence-electron chi connectivity index (χ3n) is 8.66. The minimum Gasteiger partial charge on any atom is -0.255 e. The first-order valence-corrected chi connectivity index (χ1v) is 15.2. The van der Waals surface area contributed by atoms with Crippen LogP contribution >= 0.6 is 0 Å². The molecule has 0 amide bonds. The van der Waals surface area contributed by atoms with Crippen molar-refractivity contribution in [2.75, 3.05) is 0 Å². The fourth-order valence-corrected chi connectivity index (χ4v) is 6.62. The van der Waals surface area contributed by atoms with E-state index in [1.165, 1.54) is 0 Å². The van der Waals surface area contributed by atoms with Gasteiger partial charge in [0.05, 0.1) is 33.8 Å². The molecule has 0 unspecified atom stereocenters. The van der Waals surface area contributed by atoms with E-state index >= 15 is 0 Å². The minimum atomic E-state index is 0.813. The van der Waals surface area contributed by atoms with Crippen molar-refractivity contribution >= 4 is 43.4 Å². The molecule has 5 nitrogen and oxygen atoms in total. The third-order valence-corrected chi connectivity index (χ3v) is 8.66. The van der Waals surface area contributed by atoms with Crippen LogP contribution in [0.5, 0.6) is 0 Å². The number of fused-ring (bicyclic) bond motifs is 5. The summed E-state index contributed by atoms with van der Waals surface area (Å²) in [6.07, 6.45) is 7.42. The summed E-state index contributed by atoms with van der Waals surface area (Å²) in [6.45, 7) is 0. The molecule has 0 N–H and O–H groups in total. The zero-order valence-electron chi connectivity index (χ0n) is 24.7. The van der Waals surface area contributed by atoms with E-state index in [1.54, 1.807) is 6.20 Å². The van der Waals surface area contributed by atoms with E-state index in [0.717, 1.165) is 88.4 Å². The summed E-state index contributed by atoms with van der Waals surface area (Å²) >= 11 is 0. The van der Waals surface area contributed by atoms with Gasteiger partial charge in [-0.25, -0.2) is 4.98 Å². The van der Waals surface area contributed by atoms with Crippen molar-refractivity contribution in [2.45, 2.75) is 0 Å². The van der Waals surface area contributed by atoms with Gasteiger partial charge in [-0.15, -0.1) is 0 Å². The van der Waals surface area contributed by atoms with Crippen LogP contribution in [0.15, 0.2) is 152 Å². The molecule has 4 aromatic carbocycles. The van der Waals surface area contributed by atoms with Gasteiger partial charge in [-0.05, 0) is 80.7 Å². The summed E-state index contributed by atoms with van der Waals surface area (Å²) in [5, 5.41) is 6.74. The van der Waals surface area contributed by atoms with Gasteiger partial charge in [-0.2, -0.15) is 0 Å². The maximum atomic E-state index is 5.18. The number of benzene rings is 4. The summed E-state index contributed by atoms with van der Waals surface area (Å²) in [6, 6.07) is 44.0. The summed E-state index contributed by atoms with van der Waals surface area (Å²) in [4.78, 5) is 24.0. The van der Waals surface area contributed by atoms with Crippen LogP contribution in [0.4, 0.5) is 0 Å². The topological polar surface area (TPSA) is 64.5 Å². The second kappa shape index (κ2) is 10.7. The lowest BCUT2D eigenvalue weighted by Crippen LogP contribution is -1.96. The molecule has 0 saturated heterocycles. The molecule has 214 valence electrons. The fraction of sp³-hybridized carbons (Fsp3) is 0. The van der Waals surface area contributed by atoms with Gasteiger partial charge in [0.1, 0.15) is 0 Å².